The molecular weight excluding hydrogens is 582 g/mol. The van der Waals surface area contributed by atoms with Gasteiger partial charge in [-0.25, -0.2) is 4.98 Å². The maximum atomic E-state index is 12.9. The minimum absolute atomic E-state index is 0.00694. The molecule has 15 heteroatoms. The van der Waals surface area contributed by atoms with Crippen LogP contribution in [0.1, 0.15) is 53.1 Å². The van der Waals surface area contributed by atoms with Gasteiger partial charge in [-0.1, -0.05) is 23.2 Å². The number of piperidine rings is 1. The number of nitrogens with zero attached hydrogens (tertiary/aromatic N) is 4. The average Bonchev–Trinajstić information content (AvgIpc) is 3.47. The molecule has 3 aromatic rings. The van der Waals surface area contributed by atoms with Gasteiger partial charge in [0.25, 0.3) is 5.91 Å². The van der Waals surface area contributed by atoms with Crippen molar-refractivity contribution < 1.29 is 32.3 Å². The van der Waals surface area contributed by atoms with E-state index in [1.54, 1.807) is 4.90 Å². The zero-order valence-corrected chi connectivity index (χ0v) is 23.0. The van der Waals surface area contributed by atoms with Gasteiger partial charge in [-0.3, -0.25) is 24.4 Å². The summed E-state index contributed by atoms with van der Waals surface area (Å²) < 4.78 is 44.9. The number of likely N-dealkylation sites (tertiary alicyclic amines) is 1. The van der Waals surface area contributed by atoms with E-state index in [1.807, 2.05) is 5.38 Å². The Kier molecular flexibility index (Phi) is 8.52. The summed E-state index contributed by atoms with van der Waals surface area (Å²) in [5, 5.41) is 8.49. The van der Waals surface area contributed by atoms with Crippen LogP contribution in [0.3, 0.4) is 0 Å². The molecule has 0 aliphatic carbocycles. The number of amides is 2. The van der Waals surface area contributed by atoms with Crippen molar-refractivity contribution in [1.29, 1.82) is 0 Å². The van der Waals surface area contributed by atoms with Gasteiger partial charge in [-0.05, 0) is 38.0 Å². The van der Waals surface area contributed by atoms with Crippen molar-refractivity contribution in [3.8, 4) is 5.75 Å². The molecule has 1 aliphatic rings. The number of anilines is 1. The normalized spacial score (nSPS) is 14.4. The minimum Gasteiger partial charge on any atom is -0.424 e. The summed E-state index contributed by atoms with van der Waals surface area (Å²) in [5.41, 5.74) is -0.0628. The second kappa shape index (κ2) is 11.5. The summed E-state index contributed by atoms with van der Waals surface area (Å²) in [5.74, 6) is -1.67. The molecule has 2 aromatic heterocycles. The summed E-state index contributed by atoms with van der Waals surface area (Å²) >= 11 is 13.3. The topological polar surface area (TPSA) is 106 Å². The van der Waals surface area contributed by atoms with Crippen molar-refractivity contribution in [1.82, 2.24) is 19.7 Å². The average molecular weight is 604 g/mol. The Bertz CT molecular complexity index is 1420. The lowest BCUT2D eigenvalue weighted by Gasteiger charge is -2.31. The number of hydrogen-bond donors (Lipinski definition) is 1. The molecule has 1 aliphatic heterocycles. The van der Waals surface area contributed by atoms with Crippen LogP contribution in [-0.2, 0) is 22.3 Å². The lowest BCUT2D eigenvalue weighted by atomic mass is 9.94. The predicted molar refractivity (Wildman–Crippen MR) is 138 cm³/mol. The number of carbonyl (C=O) groups excluding carboxylic acids is 3. The van der Waals surface area contributed by atoms with Crippen molar-refractivity contribution >= 4 is 57.5 Å². The molecular formula is C24H22Cl2F3N5O4S. The Morgan fingerprint density at radius 3 is 2.49 bits per heavy atom. The number of halogens is 5. The number of hydrogen-bond acceptors (Lipinski definition) is 7. The molecule has 1 fully saturated rings. The predicted octanol–water partition coefficient (Wildman–Crippen LogP) is 5.56. The smallest absolute Gasteiger partial charge is 0.424 e. The first-order valence-corrected chi connectivity index (χ1v) is 13.3. The minimum atomic E-state index is -4.57. The molecule has 0 atom stereocenters. The first-order valence-electron chi connectivity index (χ1n) is 11.7. The summed E-state index contributed by atoms with van der Waals surface area (Å²) in [4.78, 5) is 43.1. The summed E-state index contributed by atoms with van der Waals surface area (Å²) in [6.45, 7) is 3.19. The van der Waals surface area contributed by atoms with Gasteiger partial charge in [0.05, 0.1) is 16.3 Å². The van der Waals surface area contributed by atoms with Gasteiger partial charge in [0.1, 0.15) is 6.54 Å². The van der Waals surface area contributed by atoms with Gasteiger partial charge in [0.2, 0.25) is 5.91 Å². The van der Waals surface area contributed by atoms with E-state index in [-0.39, 0.29) is 45.4 Å². The molecule has 9 nitrogen and oxygen atoms in total. The van der Waals surface area contributed by atoms with E-state index < -0.39 is 23.7 Å². The number of esters is 1. The van der Waals surface area contributed by atoms with Crippen LogP contribution in [0.5, 0.6) is 5.75 Å². The standard InChI is InChI=1S/C24H22Cl2F3N5O4S/c1-12-7-19(24(27,28)29)32-34(12)10-20(36)33-5-3-14(4-6-33)18-11-39-23(30-18)31-22(37)16-8-15(25)9-17(26)21(16)38-13(2)35/h7-9,11,14H,3-6,10H2,1-2H3,(H,30,31,37). The third-order valence-corrected chi connectivity index (χ3v) is 7.34. The monoisotopic (exact) mass is 603 g/mol. The molecule has 39 heavy (non-hydrogen) atoms. The van der Waals surface area contributed by atoms with E-state index in [0.29, 0.717) is 31.1 Å². The van der Waals surface area contributed by atoms with Crippen LogP contribution in [0.4, 0.5) is 18.3 Å². The van der Waals surface area contributed by atoms with Crippen molar-refractivity contribution in [2.24, 2.45) is 0 Å². The van der Waals surface area contributed by atoms with Gasteiger partial charge in [-0.15, -0.1) is 11.3 Å². The highest BCUT2D eigenvalue weighted by atomic mass is 35.5. The van der Waals surface area contributed by atoms with Crippen LogP contribution >= 0.6 is 34.5 Å². The maximum absolute atomic E-state index is 12.9. The number of alkyl halides is 3. The fourth-order valence-electron chi connectivity index (χ4n) is 4.13. The van der Waals surface area contributed by atoms with E-state index in [4.69, 9.17) is 27.9 Å². The Morgan fingerprint density at radius 1 is 1.18 bits per heavy atom. The first kappa shape index (κ1) is 28.8. The van der Waals surface area contributed by atoms with Crippen molar-refractivity contribution in [3.05, 3.63) is 56.3 Å². The Balaban J connectivity index is 1.36. The molecule has 1 aromatic carbocycles. The van der Waals surface area contributed by atoms with Crippen LogP contribution in [0.2, 0.25) is 10.0 Å². The van der Waals surface area contributed by atoms with Crippen molar-refractivity contribution in [2.45, 2.75) is 45.3 Å². The molecule has 0 radical (unpaired) electrons. The summed E-state index contributed by atoms with van der Waals surface area (Å²) in [6, 6.07) is 3.60. The van der Waals surface area contributed by atoms with Crippen LogP contribution in [0, 0.1) is 6.92 Å². The zero-order valence-electron chi connectivity index (χ0n) is 20.6. The highest BCUT2D eigenvalue weighted by Crippen LogP contribution is 2.35. The zero-order chi connectivity index (χ0) is 28.5. The first-order chi connectivity index (χ1) is 18.3. The molecule has 3 heterocycles. The third kappa shape index (κ3) is 6.89. The van der Waals surface area contributed by atoms with Gasteiger partial charge in [0, 0.05) is 42.0 Å². The van der Waals surface area contributed by atoms with Crippen LogP contribution in [0.25, 0.3) is 0 Å². The highest BCUT2D eigenvalue weighted by Gasteiger charge is 2.35. The number of ether oxygens (including phenoxy) is 1. The fraction of sp³-hybridized carbons (Fsp3) is 0.375. The van der Waals surface area contributed by atoms with Crippen molar-refractivity contribution in [2.75, 3.05) is 18.4 Å². The SMILES string of the molecule is CC(=O)Oc1c(Cl)cc(Cl)cc1C(=O)Nc1nc(C2CCN(C(=O)Cn3nc(C(F)(F)F)cc3C)CC2)cs1. The van der Waals surface area contributed by atoms with Crippen LogP contribution in [-0.4, -0.2) is 50.5 Å². The van der Waals surface area contributed by atoms with Crippen LogP contribution < -0.4 is 10.1 Å². The van der Waals surface area contributed by atoms with E-state index in [0.717, 1.165) is 16.4 Å². The molecule has 0 saturated carbocycles. The largest absolute Gasteiger partial charge is 0.435 e. The van der Waals surface area contributed by atoms with Gasteiger partial charge < -0.3 is 9.64 Å². The number of nitrogens with one attached hydrogen (secondary N) is 1. The molecule has 0 unspecified atom stereocenters. The summed E-state index contributed by atoms with van der Waals surface area (Å²) in [6.07, 6.45) is -3.39. The maximum Gasteiger partial charge on any atom is 0.435 e. The lowest BCUT2D eigenvalue weighted by molar-refractivity contribution is -0.142. The molecule has 4 rings (SSSR count). The van der Waals surface area contributed by atoms with E-state index in [2.05, 4.69) is 15.4 Å². The van der Waals surface area contributed by atoms with E-state index >= 15 is 0 Å². The second-order valence-electron chi connectivity index (χ2n) is 8.87. The quantitative estimate of drug-likeness (QED) is 0.292. The van der Waals surface area contributed by atoms with E-state index in [9.17, 15) is 27.6 Å². The van der Waals surface area contributed by atoms with Gasteiger partial charge in [0.15, 0.2) is 16.6 Å². The van der Waals surface area contributed by atoms with Gasteiger partial charge in [-0.2, -0.15) is 18.3 Å². The number of thiazole rings is 1. The lowest BCUT2D eigenvalue weighted by Crippen LogP contribution is -2.40. The van der Waals surface area contributed by atoms with Gasteiger partial charge >= 0.3 is 12.1 Å². The third-order valence-electron chi connectivity index (χ3n) is 6.06. The number of aryl methyl sites for hydroxylation is 1. The fourth-order valence-corrected chi connectivity index (χ4v) is 5.45. The van der Waals surface area contributed by atoms with Crippen LogP contribution in [0.15, 0.2) is 23.6 Å². The molecule has 1 N–H and O–H groups in total. The number of aromatic nitrogens is 3. The number of rotatable bonds is 6. The highest BCUT2D eigenvalue weighted by molar-refractivity contribution is 7.14. The molecule has 2 amide bonds. The van der Waals surface area contributed by atoms with Crippen molar-refractivity contribution in [3.63, 3.8) is 0 Å². The Labute approximate surface area is 234 Å². The number of benzene rings is 1. The Hall–Kier alpha value is -3.16. The van der Waals surface area contributed by atoms with E-state index in [1.165, 1.54) is 37.3 Å². The molecule has 0 spiro atoms. The second-order valence-corrected chi connectivity index (χ2v) is 10.6. The number of carbonyl (C=O) groups is 3. The molecule has 0 bridgehead atoms. The molecule has 208 valence electrons. The summed E-state index contributed by atoms with van der Waals surface area (Å²) in [7, 11) is 0. The Morgan fingerprint density at radius 2 is 1.87 bits per heavy atom. The molecule has 1 saturated heterocycles.